The Morgan fingerprint density at radius 3 is 2.37 bits per heavy atom. The lowest BCUT2D eigenvalue weighted by Gasteiger charge is -2.12. The zero-order valence-electron chi connectivity index (χ0n) is 13.3. The molecule has 0 saturated carbocycles. The maximum atomic E-state index is 14.2. The summed E-state index contributed by atoms with van der Waals surface area (Å²) >= 11 is 0. The van der Waals surface area contributed by atoms with Gasteiger partial charge in [-0.2, -0.15) is 18.4 Å². The second kappa shape index (κ2) is 6.88. The lowest BCUT2D eigenvalue weighted by molar-refractivity contribution is -0.155. The summed E-state index contributed by atoms with van der Waals surface area (Å²) in [5.74, 6) is -5.47. The van der Waals surface area contributed by atoms with Crippen LogP contribution in [0.3, 0.4) is 0 Å². The van der Waals surface area contributed by atoms with E-state index in [-0.39, 0.29) is 10.6 Å². The largest absolute Gasteiger partial charge is 0.449 e. The summed E-state index contributed by atoms with van der Waals surface area (Å²) in [5.41, 5.74) is -3.40. The number of rotatable bonds is 4. The number of nitrogens with zero attached hydrogens (tertiary/aromatic N) is 2. The van der Waals surface area contributed by atoms with Crippen LogP contribution in [0.2, 0.25) is 0 Å². The van der Waals surface area contributed by atoms with E-state index in [9.17, 15) is 35.6 Å². The summed E-state index contributed by atoms with van der Waals surface area (Å²) in [4.78, 5) is 23.7. The number of halogens is 4. The Hall–Kier alpha value is -3.14. The molecule has 2 rings (SSSR count). The maximum absolute atomic E-state index is 14.2. The van der Waals surface area contributed by atoms with Gasteiger partial charge in [-0.1, -0.05) is 0 Å². The molecule has 0 aliphatic heterocycles. The van der Waals surface area contributed by atoms with Crippen LogP contribution in [0.25, 0.3) is 5.69 Å². The maximum Gasteiger partial charge on any atom is 0.449 e. The van der Waals surface area contributed by atoms with Gasteiger partial charge in [-0.25, -0.2) is 22.2 Å². The topological polar surface area (TPSA) is 122 Å². The fraction of sp³-hybridized carbons (Fsp3) is 0.214. The van der Waals surface area contributed by atoms with Crippen LogP contribution in [0.5, 0.6) is 0 Å². The van der Waals surface area contributed by atoms with Gasteiger partial charge in [0.2, 0.25) is 15.8 Å². The zero-order chi connectivity index (χ0) is 20.6. The van der Waals surface area contributed by atoms with Gasteiger partial charge >= 0.3 is 11.9 Å². The number of nitriles is 1. The van der Waals surface area contributed by atoms with E-state index in [4.69, 9.17) is 5.26 Å². The van der Waals surface area contributed by atoms with E-state index in [0.29, 0.717) is 12.1 Å². The predicted octanol–water partition coefficient (Wildman–Crippen LogP) is 1.58. The van der Waals surface area contributed by atoms with Crippen LogP contribution in [0.15, 0.2) is 32.2 Å². The molecule has 27 heavy (non-hydrogen) atoms. The second-order valence-corrected chi connectivity index (χ2v) is 7.03. The molecule has 1 N–H and O–H groups in total. The summed E-state index contributed by atoms with van der Waals surface area (Å²) in [5, 5.41) is 8.98. The van der Waals surface area contributed by atoms with Gasteiger partial charge in [0.15, 0.2) is 0 Å². The van der Waals surface area contributed by atoms with Gasteiger partial charge in [0.1, 0.15) is 11.9 Å². The molecule has 0 amide bonds. The Balaban J connectivity index is 2.76. The first kappa shape index (κ1) is 20.2. The number of aromatic nitrogens is 1. The Bertz CT molecular complexity index is 1130. The molecule has 0 saturated heterocycles. The minimum atomic E-state index is -5.12. The molecule has 13 heteroatoms. The Morgan fingerprint density at radius 2 is 1.89 bits per heavy atom. The van der Waals surface area contributed by atoms with Crippen LogP contribution >= 0.6 is 0 Å². The van der Waals surface area contributed by atoms with Crippen molar-refractivity contribution in [1.82, 2.24) is 4.57 Å². The molecular weight excluding hydrogens is 398 g/mol. The molecule has 1 heterocycles. The van der Waals surface area contributed by atoms with Crippen molar-refractivity contribution in [1.29, 1.82) is 5.26 Å². The number of benzene rings is 1. The Labute approximate surface area is 148 Å². The molecule has 1 aromatic carbocycles. The molecule has 0 atom stereocenters. The first-order valence-corrected chi connectivity index (χ1v) is 8.63. The van der Waals surface area contributed by atoms with Crippen LogP contribution in [-0.4, -0.2) is 18.7 Å². The Kier molecular flexibility index (Phi) is 5.14. The number of hydrogen-bond acceptors (Lipinski definition) is 6. The first-order valence-electron chi connectivity index (χ1n) is 6.98. The van der Waals surface area contributed by atoms with E-state index < -0.39 is 61.8 Å². The standard InChI is InChI=1S/C14H9F4N3O5S/c1-2-27(24,25)20-9-4-10(8(15)3-7(9)6-19)21-12(22)5-11(14(16,17)18)26-13(21)23/h3-5,20H,2H2,1H3. The fourth-order valence-electron chi connectivity index (χ4n) is 1.94. The molecule has 1 aromatic heterocycles. The number of sulfonamides is 1. The highest BCUT2D eigenvalue weighted by Gasteiger charge is 2.36. The van der Waals surface area contributed by atoms with Gasteiger partial charge in [0.25, 0.3) is 5.56 Å². The van der Waals surface area contributed by atoms with Crippen LogP contribution in [0, 0.1) is 17.1 Å². The summed E-state index contributed by atoms with van der Waals surface area (Å²) in [6.45, 7) is 1.27. The van der Waals surface area contributed by atoms with Crippen LogP contribution < -0.4 is 16.0 Å². The molecule has 0 aliphatic carbocycles. The predicted molar refractivity (Wildman–Crippen MR) is 83.3 cm³/mol. The monoisotopic (exact) mass is 407 g/mol. The summed E-state index contributed by atoms with van der Waals surface area (Å²) in [7, 11) is -3.92. The SMILES string of the molecule is CCS(=O)(=O)Nc1cc(-n2c(=O)cc(C(F)(F)F)oc2=O)c(F)cc1C#N. The van der Waals surface area contributed by atoms with Crippen molar-refractivity contribution in [3.63, 3.8) is 0 Å². The third kappa shape index (κ3) is 4.17. The Morgan fingerprint density at radius 1 is 1.26 bits per heavy atom. The van der Waals surface area contributed by atoms with Gasteiger partial charge in [-0.15, -0.1) is 0 Å². The highest BCUT2D eigenvalue weighted by Crippen LogP contribution is 2.28. The molecule has 0 bridgehead atoms. The van der Waals surface area contributed by atoms with E-state index in [0.717, 1.165) is 0 Å². The molecule has 144 valence electrons. The van der Waals surface area contributed by atoms with Gasteiger partial charge in [-0.05, 0) is 19.1 Å². The lowest BCUT2D eigenvalue weighted by atomic mass is 10.1. The van der Waals surface area contributed by atoms with Crippen LogP contribution in [-0.2, 0) is 16.2 Å². The minimum absolute atomic E-state index is 0.0600. The molecule has 0 aliphatic rings. The van der Waals surface area contributed by atoms with Gasteiger partial charge in [0, 0.05) is 0 Å². The minimum Gasteiger partial charge on any atom is -0.404 e. The van der Waals surface area contributed by atoms with Crippen molar-refractivity contribution >= 4 is 15.7 Å². The van der Waals surface area contributed by atoms with E-state index in [1.54, 1.807) is 0 Å². The van der Waals surface area contributed by atoms with Crippen LogP contribution in [0.4, 0.5) is 23.2 Å². The number of alkyl halides is 3. The number of nitrogens with one attached hydrogen (secondary N) is 1. The molecule has 0 unspecified atom stereocenters. The van der Waals surface area contributed by atoms with Gasteiger partial charge in [0.05, 0.1) is 28.8 Å². The van der Waals surface area contributed by atoms with Crippen molar-refractivity contribution in [2.75, 3.05) is 10.5 Å². The van der Waals surface area contributed by atoms with Crippen molar-refractivity contribution in [3.8, 4) is 11.8 Å². The molecule has 0 fully saturated rings. The zero-order valence-corrected chi connectivity index (χ0v) is 14.1. The highest BCUT2D eigenvalue weighted by molar-refractivity contribution is 7.92. The summed E-state index contributed by atoms with van der Waals surface area (Å²) in [6, 6.07) is 2.61. The van der Waals surface area contributed by atoms with Gasteiger partial charge < -0.3 is 4.42 Å². The number of anilines is 1. The van der Waals surface area contributed by atoms with Crippen molar-refractivity contribution in [2.24, 2.45) is 0 Å². The number of hydrogen-bond donors (Lipinski definition) is 1. The fourth-order valence-corrected chi connectivity index (χ4v) is 2.59. The molecule has 2 aromatic rings. The molecule has 8 nitrogen and oxygen atoms in total. The summed E-state index contributed by atoms with van der Waals surface area (Å²) < 4.78 is 81.2. The quantitative estimate of drug-likeness (QED) is 0.768. The average Bonchev–Trinajstić information content (AvgIpc) is 2.55. The third-order valence-corrected chi connectivity index (χ3v) is 4.52. The van der Waals surface area contributed by atoms with Crippen LogP contribution in [0.1, 0.15) is 18.2 Å². The van der Waals surface area contributed by atoms with Crippen molar-refractivity contribution < 1.29 is 30.4 Å². The second-order valence-electron chi connectivity index (χ2n) is 5.01. The van der Waals surface area contributed by atoms with E-state index in [1.807, 2.05) is 4.72 Å². The lowest BCUT2D eigenvalue weighted by Crippen LogP contribution is -2.33. The van der Waals surface area contributed by atoms with Crippen molar-refractivity contribution in [3.05, 3.63) is 56.2 Å². The first-order chi connectivity index (χ1) is 12.4. The summed E-state index contributed by atoms with van der Waals surface area (Å²) in [6.07, 6.45) is -5.12. The van der Waals surface area contributed by atoms with E-state index in [1.165, 1.54) is 13.0 Å². The van der Waals surface area contributed by atoms with E-state index in [2.05, 4.69) is 4.42 Å². The smallest absolute Gasteiger partial charge is 0.404 e. The average molecular weight is 407 g/mol. The molecular formula is C14H9F4N3O5S. The van der Waals surface area contributed by atoms with Crippen molar-refractivity contribution in [2.45, 2.75) is 13.1 Å². The molecule has 0 radical (unpaired) electrons. The highest BCUT2D eigenvalue weighted by atomic mass is 32.2. The third-order valence-electron chi connectivity index (χ3n) is 3.23. The van der Waals surface area contributed by atoms with Gasteiger partial charge in [-0.3, -0.25) is 9.52 Å². The normalized spacial score (nSPS) is 11.9. The molecule has 0 spiro atoms. The van der Waals surface area contributed by atoms with E-state index >= 15 is 0 Å².